The van der Waals surface area contributed by atoms with Gasteiger partial charge in [-0.05, 0) is 56.1 Å². The molecule has 4 aromatic rings. The second-order valence-electron chi connectivity index (χ2n) is 11.3. The second-order valence-corrected chi connectivity index (χ2v) is 11.3. The third kappa shape index (κ3) is 3.41. The Morgan fingerprint density at radius 2 is 1.75 bits per heavy atom. The minimum Gasteiger partial charge on any atom is -0.338 e. The predicted molar refractivity (Wildman–Crippen MR) is 151 cm³/mol. The van der Waals surface area contributed by atoms with Crippen LogP contribution in [0.2, 0.25) is 0 Å². The molecule has 4 heterocycles. The molecule has 2 amide bonds. The molecule has 0 bridgehead atoms. The van der Waals surface area contributed by atoms with Crippen LogP contribution in [0.5, 0.6) is 0 Å². The van der Waals surface area contributed by atoms with Crippen LogP contribution >= 0.6 is 0 Å². The lowest BCUT2D eigenvalue weighted by Crippen LogP contribution is -2.68. The molecule has 8 heteroatoms. The smallest absolute Gasteiger partial charge is 0.243 e. The summed E-state index contributed by atoms with van der Waals surface area (Å²) in [7, 11) is 3.91. The van der Waals surface area contributed by atoms with E-state index in [9.17, 15) is 14.9 Å². The molecule has 198 valence electrons. The summed E-state index contributed by atoms with van der Waals surface area (Å²) in [6.07, 6.45) is 5.26. The lowest BCUT2D eigenvalue weighted by Gasteiger charge is -2.48. The Bertz CT molecular complexity index is 1730. The minimum atomic E-state index is -0.734. The quantitative estimate of drug-likeness (QED) is 0.390. The van der Waals surface area contributed by atoms with E-state index in [-0.39, 0.29) is 18.4 Å². The van der Waals surface area contributed by atoms with E-state index < -0.39 is 11.0 Å². The van der Waals surface area contributed by atoms with E-state index in [0.717, 1.165) is 51.7 Å². The van der Waals surface area contributed by atoms with Gasteiger partial charge in [0.2, 0.25) is 11.8 Å². The van der Waals surface area contributed by atoms with Crippen LogP contribution in [0, 0.1) is 11.3 Å². The molecule has 8 nitrogen and oxygen atoms in total. The van der Waals surface area contributed by atoms with Gasteiger partial charge in [0.05, 0.1) is 12.2 Å². The number of carbonyl (C=O) groups excluding carboxylic acids is 2. The first-order valence-electron chi connectivity index (χ1n) is 13.5. The summed E-state index contributed by atoms with van der Waals surface area (Å²) in [5.41, 5.74) is 3.52. The minimum absolute atomic E-state index is 0.00584. The Kier molecular flexibility index (Phi) is 5.31. The van der Waals surface area contributed by atoms with Crippen molar-refractivity contribution in [1.29, 1.82) is 5.26 Å². The van der Waals surface area contributed by atoms with E-state index in [1.54, 1.807) is 12.3 Å². The van der Waals surface area contributed by atoms with Gasteiger partial charge in [-0.1, -0.05) is 42.5 Å². The average Bonchev–Trinajstić information content (AvgIpc) is 3.74. The van der Waals surface area contributed by atoms with Crippen molar-refractivity contribution in [2.75, 3.05) is 32.1 Å². The van der Waals surface area contributed by atoms with Crippen molar-refractivity contribution >= 4 is 28.3 Å². The molecule has 0 N–H and O–H groups in total. The average molecular weight is 529 g/mol. The molecule has 40 heavy (non-hydrogen) atoms. The number of fused-ring (bicyclic) bond motifs is 3. The van der Waals surface area contributed by atoms with Crippen LogP contribution in [0.15, 0.2) is 73.1 Å². The first-order valence-corrected chi connectivity index (χ1v) is 13.5. The zero-order valence-corrected chi connectivity index (χ0v) is 22.5. The summed E-state index contributed by atoms with van der Waals surface area (Å²) in [6.45, 7) is 1.07. The molecule has 2 aromatic heterocycles. The summed E-state index contributed by atoms with van der Waals surface area (Å²) >= 11 is 0. The number of anilines is 1. The molecule has 7 rings (SSSR count). The highest BCUT2D eigenvalue weighted by Gasteiger charge is 2.63. The summed E-state index contributed by atoms with van der Waals surface area (Å²) in [5, 5.41) is 11.2. The molecule has 1 aliphatic carbocycles. The largest absolute Gasteiger partial charge is 0.338 e. The first-order chi connectivity index (χ1) is 19.4. The van der Waals surface area contributed by atoms with Crippen molar-refractivity contribution in [3.05, 3.63) is 90.0 Å². The highest BCUT2D eigenvalue weighted by atomic mass is 16.2. The van der Waals surface area contributed by atoms with Gasteiger partial charge in [-0.3, -0.25) is 19.5 Å². The number of likely N-dealkylation sites (tertiary alicyclic amines) is 1. The number of aromatic nitrogens is 2. The lowest BCUT2D eigenvalue weighted by molar-refractivity contribution is -0.149. The molecule has 0 atom stereocenters. The number of likely N-dealkylation sites (N-methyl/N-ethyl adjacent to an activating group) is 1. The number of hydrogen-bond acceptors (Lipinski definition) is 6. The normalized spacial score (nSPS) is 18.1. The van der Waals surface area contributed by atoms with Crippen molar-refractivity contribution in [2.24, 2.45) is 0 Å². The van der Waals surface area contributed by atoms with Gasteiger partial charge in [-0.15, -0.1) is 0 Å². The molecule has 0 radical (unpaired) electrons. The number of benzene rings is 2. The maximum Gasteiger partial charge on any atom is 0.243 e. The molecule has 1 saturated carbocycles. The Hall–Kier alpha value is -4.61. The Morgan fingerprint density at radius 1 is 1.00 bits per heavy atom. The zero-order valence-electron chi connectivity index (χ0n) is 22.5. The van der Waals surface area contributed by atoms with Gasteiger partial charge in [0.1, 0.15) is 22.7 Å². The summed E-state index contributed by atoms with van der Waals surface area (Å²) in [6, 6.07) is 21.6. The van der Waals surface area contributed by atoms with Crippen molar-refractivity contribution in [2.45, 2.75) is 30.3 Å². The monoisotopic (exact) mass is 528 g/mol. The van der Waals surface area contributed by atoms with Gasteiger partial charge in [-0.25, -0.2) is 4.98 Å². The van der Waals surface area contributed by atoms with E-state index in [2.05, 4.69) is 11.1 Å². The molecule has 0 unspecified atom stereocenters. The SMILES string of the molecule is CN(C)C1(C(=O)N2CC3(C2)C(=O)N(Cc2ncc4ccccc4c2-c2ccc(C#N)nc2)c2ccccc23)CC1. The van der Waals surface area contributed by atoms with E-state index in [0.29, 0.717) is 18.8 Å². The number of pyridine rings is 2. The lowest BCUT2D eigenvalue weighted by atomic mass is 9.74. The molecule has 1 saturated heterocycles. The van der Waals surface area contributed by atoms with Gasteiger partial charge in [0.15, 0.2) is 0 Å². The van der Waals surface area contributed by atoms with Gasteiger partial charge in [0.25, 0.3) is 0 Å². The number of nitrogens with zero attached hydrogens (tertiary/aromatic N) is 6. The molecule has 1 spiro atoms. The fourth-order valence-corrected chi connectivity index (χ4v) is 6.48. The van der Waals surface area contributed by atoms with Crippen LogP contribution in [0.25, 0.3) is 21.9 Å². The molecule has 2 aromatic carbocycles. The van der Waals surface area contributed by atoms with Crippen molar-refractivity contribution in [1.82, 2.24) is 19.8 Å². The molecular formula is C32H28N6O2. The topological polar surface area (TPSA) is 93.4 Å². The van der Waals surface area contributed by atoms with Crippen LogP contribution in [-0.4, -0.2) is 64.3 Å². The van der Waals surface area contributed by atoms with Gasteiger partial charge in [0, 0.05) is 47.7 Å². The Balaban J connectivity index is 1.26. The van der Waals surface area contributed by atoms with E-state index in [4.69, 9.17) is 4.98 Å². The molecule has 2 fully saturated rings. The maximum absolute atomic E-state index is 14.2. The molecule has 2 aliphatic heterocycles. The van der Waals surface area contributed by atoms with Gasteiger partial charge >= 0.3 is 0 Å². The highest BCUT2D eigenvalue weighted by Crippen LogP contribution is 2.51. The van der Waals surface area contributed by atoms with Gasteiger partial charge < -0.3 is 9.80 Å². The first kappa shape index (κ1) is 24.4. The third-order valence-corrected chi connectivity index (χ3v) is 8.90. The van der Waals surface area contributed by atoms with Crippen molar-refractivity contribution in [3.63, 3.8) is 0 Å². The van der Waals surface area contributed by atoms with Crippen molar-refractivity contribution < 1.29 is 9.59 Å². The van der Waals surface area contributed by atoms with E-state index in [1.807, 2.05) is 89.6 Å². The van der Waals surface area contributed by atoms with Crippen LogP contribution in [0.1, 0.15) is 29.8 Å². The number of para-hydroxylation sites is 1. The molecule has 3 aliphatic rings. The van der Waals surface area contributed by atoms with E-state index >= 15 is 0 Å². The zero-order chi connectivity index (χ0) is 27.6. The highest BCUT2D eigenvalue weighted by molar-refractivity contribution is 6.10. The van der Waals surface area contributed by atoms with Gasteiger partial charge in [-0.2, -0.15) is 5.26 Å². The second kappa shape index (κ2) is 8.70. The Morgan fingerprint density at radius 3 is 2.45 bits per heavy atom. The van der Waals surface area contributed by atoms with Crippen LogP contribution < -0.4 is 4.90 Å². The molecular weight excluding hydrogens is 500 g/mol. The predicted octanol–water partition coefficient (Wildman–Crippen LogP) is 3.89. The fourth-order valence-electron chi connectivity index (χ4n) is 6.48. The van der Waals surface area contributed by atoms with Crippen LogP contribution in [0.3, 0.4) is 0 Å². The Labute approximate surface area is 232 Å². The standard InChI is InChI=1S/C32H28N6O2/c1-36(2)32(13-14-32)30(40)37-19-31(20-37)25-9-5-6-10-27(25)38(29(31)39)18-26-28(22-11-12-23(15-33)34-17-22)24-8-4-3-7-21(24)16-35-26/h3-12,16-17H,13-14,18-20H2,1-2H3. The number of hydrogen-bond donors (Lipinski definition) is 0. The maximum atomic E-state index is 14.2. The van der Waals surface area contributed by atoms with Crippen LogP contribution in [-0.2, 0) is 21.5 Å². The van der Waals surface area contributed by atoms with Crippen LogP contribution in [0.4, 0.5) is 5.69 Å². The summed E-state index contributed by atoms with van der Waals surface area (Å²) < 4.78 is 0. The number of rotatable bonds is 5. The summed E-state index contributed by atoms with van der Waals surface area (Å²) in [4.78, 5) is 42.4. The van der Waals surface area contributed by atoms with E-state index in [1.165, 1.54) is 0 Å². The number of amides is 2. The number of nitriles is 1. The number of carbonyl (C=O) groups is 2. The fraction of sp³-hybridized carbons (Fsp3) is 0.281. The van der Waals surface area contributed by atoms with Crippen molar-refractivity contribution in [3.8, 4) is 17.2 Å². The summed E-state index contributed by atoms with van der Waals surface area (Å²) in [5.74, 6) is 0.130. The third-order valence-electron chi connectivity index (χ3n) is 8.90.